The Bertz CT molecular complexity index is 1160. The van der Waals surface area contributed by atoms with Gasteiger partial charge in [-0.15, -0.1) is 0 Å². The number of ether oxygens (including phenoxy) is 2. The summed E-state index contributed by atoms with van der Waals surface area (Å²) >= 11 is 11.8. The first-order chi connectivity index (χ1) is 13.9. The first-order valence-electron chi connectivity index (χ1n) is 8.73. The summed E-state index contributed by atoms with van der Waals surface area (Å²) in [5.41, 5.74) is 2.10. The maximum atomic E-state index is 12.7. The van der Waals surface area contributed by atoms with Gasteiger partial charge in [-0.2, -0.15) is 0 Å². The fraction of sp³-hybridized carbons (Fsp3) is 0.0435. The van der Waals surface area contributed by atoms with Crippen LogP contribution >= 0.6 is 23.2 Å². The Morgan fingerprint density at radius 2 is 1.76 bits per heavy atom. The Kier molecular flexibility index (Phi) is 5.14. The van der Waals surface area contributed by atoms with Gasteiger partial charge in [0.05, 0.1) is 11.1 Å². The standard InChI is InChI=1S/C23H14Cl2O4/c1-13-19(29-23(27)15-3-2-4-17(25)12-15)10-9-18-21(26)20(28-22(13)18)11-14-5-7-16(24)8-6-14/h2-12H,1H3/b20-11-. The summed E-state index contributed by atoms with van der Waals surface area (Å²) in [7, 11) is 0. The van der Waals surface area contributed by atoms with Gasteiger partial charge in [-0.3, -0.25) is 4.79 Å². The number of Topliss-reactive ketones (excluding diaryl/α,β-unsaturated/α-hetero) is 1. The van der Waals surface area contributed by atoms with E-state index in [0.717, 1.165) is 5.56 Å². The molecule has 3 aromatic rings. The van der Waals surface area contributed by atoms with E-state index in [4.69, 9.17) is 32.7 Å². The summed E-state index contributed by atoms with van der Waals surface area (Å²) in [6.45, 7) is 1.73. The number of hydrogen-bond donors (Lipinski definition) is 0. The minimum atomic E-state index is -0.545. The Balaban J connectivity index is 1.61. The number of hydrogen-bond acceptors (Lipinski definition) is 4. The zero-order chi connectivity index (χ0) is 20.5. The minimum Gasteiger partial charge on any atom is -0.452 e. The van der Waals surface area contributed by atoms with Gasteiger partial charge in [-0.1, -0.05) is 41.4 Å². The lowest BCUT2D eigenvalue weighted by atomic mass is 10.1. The zero-order valence-electron chi connectivity index (χ0n) is 15.2. The maximum absolute atomic E-state index is 12.7. The van der Waals surface area contributed by atoms with Gasteiger partial charge in [0.1, 0.15) is 11.5 Å². The molecular weight excluding hydrogens is 411 g/mol. The molecule has 1 aliphatic rings. The number of ketones is 1. The van der Waals surface area contributed by atoms with Crippen molar-refractivity contribution in [2.24, 2.45) is 0 Å². The molecule has 0 fully saturated rings. The highest BCUT2D eigenvalue weighted by Crippen LogP contribution is 2.39. The van der Waals surface area contributed by atoms with E-state index in [0.29, 0.717) is 38.2 Å². The van der Waals surface area contributed by atoms with E-state index in [1.807, 2.05) is 0 Å². The van der Waals surface area contributed by atoms with Crippen molar-refractivity contribution in [3.8, 4) is 11.5 Å². The third kappa shape index (κ3) is 3.90. The quantitative estimate of drug-likeness (QED) is 0.288. The molecule has 0 amide bonds. The lowest BCUT2D eigenvalue weighted by Crippen LogP contribution is -2.09. The Hall–Kier alpha value is -3.08. The summed E-state index contributed by atoms with van der Waals surface area (Å²) < 4.78 is 11.3. The van der Waals surface area contributed by atoms with Crippen molar-refractivity contribution in [1.29, 1.82) is 0 Å². The number of carbonyl (C=O) groups is 2. The number of benzene rings is 3. The van der Waals surface area contributed by atoms with E-state index in [1.165, 1.54) is 6.07 Å². The van der Waals surface area contributed by atoms with Crippen LogP contribution < -0.4 is 9.47 Å². The molecule has 0 aromatic heterocycles. The number of halogens is 2. The van der Waals surface area contributed by atoms with Crippen LogP contribution in [-0.4, -0.2) is 11.8 Å². The number of esters is 1. The highest BCUT2D eigenvalue weighted by Gasteiger charge is 2.30. The molecule has 0 atom stereocenters. The zero-order valence-corrected chi connectivity index (χ0v) is 16.8. The topological polar surface area (TPSA) is 52.6 Å². The average molecular weight is 425 g/mol. The predicted octanol–water partition coefficient (Wildman–Crippen LogP) is 6.14. The van der Waals surface area contributed by atoms with E-state index in [-0.39, 0.29) is 11.5 Å². The third-order valence-corrected chi connectivity index (χ3v) is 4.95. The molecule has 0 aliphatic carbocycles. The van der Waals surface area contributed by atoms with Gasteiger partial charge in [0.25, 0.3) is 0 Å². The largest absolute Gasteiger partial charge is 0.452 e. The van der Waals surface area contributed by atoms with Gasteiger partial charge in [-0.25, -0.2) is 4.79 Å². The van der Waals surface area contributed by atoms with Gasteiger partial charge in [0, 0.05) is 15.6 Å². The minimum absolute atomic E-state index is 0.198. The van der Waals surface area contributed by atoms with Crippen LogP contribution in [0, 0.1) is 6.92 Å². The van der Waals surface area contributed by atoms with Crippen LogP contribution in [0.4, 0.5) is 0 Å². The summed E-state index contributed by atoms with van der Waals surface area (Å²) in [5.74, 6) is 0.118. The second-order valence-corrected chi connectivity index (χ2v) is 7.33. The molecule has 4 nitrogen and oxygen atoms in total. The predicted molar refractivity (Wildman–Crippen MR) is 112 cm³/mol. The van der Waals surface area contributed by atoms with Crippen LogP contribution in [0.25, 0.3) is 6.08 Å². The Morgan fingerprint density at radius 3 is 2.48 bits per heavy atom. The molecule has 1 heterocycles. The monoisotopic (exact) mass is 424 g/mol. The second kappa shape index (κ2) is 7.74. The van der Waals surface area contributed by atoms with Gasteiger partial charge in [-0.05, 0) is 61.0 Å². The summed E-state index contributed by atoms with van der Waals surface area (Å²) in [4.78, 5) is 25.1. The lowest BCUT2D eigenvalue weighted by Gasteiger charge is -2.10. The average Bonchev–Trinajstić information content (AvgIpc) is 3.02. The number of fused-ring (bicyclic) bond motifs is 1. The summed E-state index contributed by atoms with van der Waals surface area (Å²) in [5, 5.41) is 1.05. The Morgan fingerprint density at radius 1 is 1.00 bits per heavy atom. The number of allylic oxidation sites excluding steroid dienone is 1. The van der Waals surface area contributed by atoms with Crippen molar-refractivity contribution < 1.29 is 19.1 Å². The molecule has 1 aliphatic heterocycles. The number of carbonyl (C=O) groups excluding carboxylic acids is 2. The molecular formula is C23H14Cl2O4. The second-order valence-electron chi connectivity index (χ2n) is 6.46. The molecule has 0 saturated heterocycles. The smallest absolute Gasteiger partial charge is 0.343 e. The molecule has 0 spiro atoms. The molecule has 6 heteroatoms. The van der Waals surface area contributed by atoms with Crippen molar-refractivity contribution >= 4 is 41.0 Å². The number of rotatable bonds is 3. The molecule has 29 heavy (non-hydrogen) atoms. The fourth-order valence-corrected chi connectivity index (χ4v) is 3.28. The van der Waals surface area contributed by atoms with E-state index in [9.17, 15) is 9.59 Å². The van der Waals surface area contributed by atoms with E-state index in [1.54, 1.807) is 67.6 Å². The van der Waals surface area contributed by atoms with Gasteiger partial charge >= 0.3 is 5.97 Å². The van der Waals surface area contributed by atoms with Crippen LogP contribution in [0.5, 0.6) is 11.5 Å². The highest BCUT2D eigenvalue weighted by molar-refractivity contribution is 6.31. The van der Waals surface area contributed by atoms with Crippen molar-refractivity contribution in [3.63, 3.8) is 0 Å². The van der Waals surface area contributed by atoms with Gasteiger partial charge < -0.3 is 9.47 Å². The maximum Gasteiger partial charge on any atom is 0.343 e. The molecule has 0 bridgehead atoms. The van der Waals surface area contributed by atoms with Crippen molar-refractivity contribution in [3.05, 3.63) is 98.7 Å². The van der Waals surface area contributed by atoms with Gasteiger partial charge in [0.15, 0.2) is 5.76 Å². The van der Waals surface area contributed by atoms with Crippen LogP contribution in [0.15, 0.2) is 66.4 Å². The first kappa shape index (κ1) is 19.2. The Labute approximate surface area is 177 Å². The first-order valence-corrected chi connectivity index (χ1v) is 9.49. The molecule has 4 rings (SSSR count). The normalized spacial score (nSPS) is 13.9. The molecule has 0 radical (unpaired) electrons. The van der Waals surface area contributed by atoms with E-state index < -0.39 is 5.97 Å². The SMILES string of the molecule is Cc1c(OC(=O)c2cccc(Cl)c2)ccc2c1O/C(=C\c1ccc(Cl)cc1)C2=O. The fourth-order valence-electron chi connectivity index (χ4n) is 2.96. The molecule has 0 N–H and O–H groups in total. The molecule has 3 aromatic carbocycles. The third-order valence-electron chi connectivity index (χ3n) is 4.47. The summed E-state index contributed by atoms with van der Waals surface area (Å²) in [6, 6.07) is 16.7. The highest BCUT2D eigenvalue weighted by atomic mass is 35.5. The van der Waals surface area contributed by atoms with E-state index >= 15 is 0 Å². The van der Waals surface area contributed by atoms with Crippen LogP contribution in [0.2, 0.25) is 10.0 Å². The van der Waals surface area contributed by atoms with Crippen LogP contribution in [0.3, 0.4) is 0 Å². The van der Waals surface area contributed by atoms with Crippen molar-refractivity contribution in [2.75, 3.05) is 0 Å². The van der Waals surface area contributed by atoms with Crippen molar-refractivity contribution in [2.45, 2.75) is 6.92 Å². The van der Waals surface area contributed by atoms with E-state index in [2.05, 4.69) is 0 Å². The van der Waals surface area contributed by atoms with Crippen molar-refractivity contribution in [1.82, 2.24) is 0 Å². The molecule has 0 saturated carbocycles. The van der Waals surface area contributed by atoms with Crippen LogP contribution in [0.1, 0.15) is 31.8 Å². The molecule has 0 unspecified atom stereocenters. The summed E-state index contributed by atoms with van der Waals surface area (Å²) in [6.07, 6.45) is 1.65. The van der Waals surface area contributed by atoms with Gasteiger partial charge in [0.2, 0.25) is 5.78 Å². The lowest BCUT2D eigenvalue weighted by molar-refractivity contribution is 0.0733. The van der Waals surface area contributed by atoms with Crippen LogP contribution in [-0.2, 0) is 0 Å². The molecule has 144 valence electrons.